The lowest BCUT2D eigenvalue weighted by atomic mass is 10.1. The van der Waals surface area contributed by atoms with Gasteiger partial charge in [-0.2, -0.15) is 0 Å². The van der Waals surface area contributed by atoms with Crippen LogP contribution in [0.4, 0.5) is 4.79 Å². The Morgan fingerprint density at radius 3 is 2.77 bits per heavy atom. The fraction of sp³-hybridized carbons (Fsp3) is 0.579. The van der Waals surface area contributed by atoms with Gasteiger partial charge in [-0.25, -0.2) is 9.59 Å². The summed E-state index contributed by atoms with van der Waals surface area (Å²) in [5.41, 5.74) is 1.00. The molecule has 3 rings (SSSR count). The molecule has 0 aliphatic carbocycles. The van der Waals surface area contributed by atoms with Crippen LogP contribution in [0.1, 0.15) is 35.2 Å². The number of ether oxygens (including phenoxy) is 1. The van der Waals surface area contributed by atoms with Crippen molar-refractivity contribution in [3.8, 4) is 0 Å². The maximum atomic E-state index is 12.7. The topological polar surface area (TPSA) is 82.1 Å². The van der Waals surface area contributed by atoms with Gasteiger partial charge in [0.25, 0.3) is 0 Å². The number of amides is 2. The van der Waals surface area contributed by atoms with Crippen molar-refractivity contribution in [2.75, 3.05) is 33.3 Å². The molecule has 7 heteroatoms. The van der Waals surface area contributed by atoms with Crippen LogP contribution in [0.2, 0.25) is 0 Å². The third-order valence-electron chi connectivity index (χ3n) is 5.26. The van der Waals surface area contributed by atoms with Gasteiger partial charge in [0.1, 0.15) is 0 Å². The van der Waals surface area contributed by atoms with Crippen LogP contribution in [0.25, 0.3) is 0 Å². The predicted octanol–water partition coefficient (Wildman–Crippen LogP) is 1.78. The van der Waals surface area contributed by atoms with Crippen molar-refractivity contribution in [3.63, 3.8) is 0 Å². The normalized spacial score (nSPS) is 23.3. The van der Waals surface area contributed by atoms with Gasteiger partial charge < -0.3 is 25.0 Å². The average Bonchev–Trinajstić information content (AvgIpc) is 3.30. The predicted molar refractivity (Wildman–Crippen MR) is 97.2 cm³/mol. The van der Waals surface area contributed by atoms with Gasteiger partial charge >= 0.3 is 12.0 Å². The largest absolute Gasteiger partial charge is 0.478 e. The fourth-order valence-electron chi connectivity index (χ4n) is 3.82. The minimum Gasteiger partial charge on any atom is -0.478 e. The van der Waals surface area contributed by atoms with Crippen molar-refractivity contribution in [1.29, 1.82) is 0 Å². The molecule has 0 spiro atoms. The van der Waals surface area contributed by atoms with Gasteiger partial charge in [-0.05, 0) is 50.0 Å². The number of nitrogens with one attached hydrogen (secondary N) is 1. The molecule has 2 aliphatic rings. The quantitative estimate of drug-likeness (QED) is 0.807. The second-order valence-corrected chi connectivity index (χ2v) is 7.07. The van der Waals surface area contributed by atoms with Crippen LogP contribution in [-0.2, 0) is 11.3 Å². The molecule has 142 valence electrons. The van der Waals surface area contributed by atoms with E-state index in [-0.39, 0.29) is 23.7 Å². The number of rotatable bonds is 6. The molecule has 0 radical (unpaired) electrons. The number of hydrogen-bond acceptors (Lipinski definition) is 4. The van der Waals surface area contributed by atoms with Crippen LogP contribution < -0.4 is 5.32 Å². The smallest absolute Gasteiger partial charge is 0.335 e. The number of carbonyl (C=O) groups is 2. The number of methoxy groups -OCH3 is 1. The number of carbonyl (C=O) groups excluding carboxylic acids is 1. The number of aromatic carboxylic acids is 1. The first-order valence-electron chi connectivity index (χ1n) is 9.18. The molecule has 2 N–H and O–H groups in total. The number of benzene rings is 1. The Kier molecular flexibility index (Phi) is 6.11. The van der Waals surface area contributed by atoms with E-state index in [4.69, 9.17) is 9.84 Å². The molecule has 0 bridgehead atoms. The van der Waals surface area contributed by atoms with Gasteiger partial charge in [0.15, 0.2) is 0 Å². The number of hydrogen-bond donors (Lipinski definition) is 2. The van der Waals surface area contributed by atoms with Crippen molar-refractivity contribution in [3.05, 3.63) is 35.4 Å². The summed E-state index contributed by atoms with van der Waals surface area (Å²) < 4.78 is 5.49. The molecule has 2 atom stereocenters. The van der Waals surface area contributed by atoms with Crippen molar-refractivity contribution in [2.24, 2.45) is 0 Å². The first kappa shape index (κ1) is 18.7. The molecule has 2 heterocycles. The first-order chi connectivity index (χ1) is 12.6. The van der Waals surface area contributed by atoms with Crippen molar-refractivity contribution < 1.29 is 19.4 Å². The molecule has 1 aromatic rings. The third kappa shape index (κ3) is 4.53. The minimum absolute atomic E-state index is 0.0729. The molecular weight excluding hydrogens is 334 g/mol. The SMILES string of the molecule is CO[C@H]1C[C@@H](CN2CCCC2)N(C(=O)NCc2cccc(C(=O)O)c2)C1. The molecule has 0 unspecified atom stereocenters. The van der Waals surface area contributed by atoms with Crippen LogP contribution in [0.15, 0.2) is 24.3 Å². The van der Waals surface area contributed by atoms with Crippen LogP contribution >= 0.6 is 0 Å². The maximum absolute atomic E-state index is 12.7. The monoisotopic (exact) mass is 361 g/mol. The van der Waals surface area contributed by atoms with Crippen LogP contribution in [0.5, 0.6) is 0 Å². The van der Waals surface area contributed by atoms with E-state index < -0.39 is 5.97 Å². The zero-order chi connectivity index (χ0) is 18.5. The lowest BCUT2D eigenvalue weighted by Crippen LogP contribution is -2.47. The molecular formula is C19H27N3O4. The summed E-state index contributed by atoms with van der Waals surface area (Å²) >= 11 is 0. The van der Waals surface area contributed by atoms with E-state index in [1.54, 1.807) is 25.3 Å². The number of carboxylic acids is 1. The summed E-state index contributed by atoms with van der Waals surface area (Å²) in [5.74, 6) is -0.966. The first-order valence-corrected chi connectivity index (χ1v) is 9.18. The van der Waals surface area contributed by atoms with Gasteiger partial charge in [-0.15, -0.1) is 0 Å². The summed E-state index contributed by atoms with van der Waals surface area (Å²) in [7, 11) is 1.69. The molecule has 2 amide bonds. The Morgan fingerprint density at radius 1 is 1.31 bits per heavy atom. The second-order valence-electron chi connectivity index (χ2n) is 7.07. The van der Waals surface area contributed by atoms with Crippen LogP contribution in [-0.4, -0.2) is 72.3 Å². The van der Waals surface area contributed by atoms with Gasteiger partial charge in [-0.3, -0.25) is 0 Å². The molecule has 2 fully saturated rings. The average molecular weight is 361 g/mol. The Balaban J connectivity index is 1.59. The molecule has 26 heavy (non-hydrogen) atoms. The highest BCUT2D eigenvalue weighted by Crippen LogP contribution is 2.22. The standard InChI is InChI=1S/C19H27N3O4/c1-26-17-10-16(12-21-7-2-3-8-21)22(13-17)19(25)20-11-14-5-4-6-15(9-14)18(23)24/h4-6,9,16-17H,2-3,7-8,10-13H2,1H3,(H,20,25)(H,23,24)/t16-,17-/m0/s1. The molecule has 0 aromatic heterocycles. The lowest BCUT2D eigenvalue weighted by molar-refractivity contribution is 0.0696. The third-order valence-corrected chi connectivity index (χ3v) is 5.26. The summed E-state index contributed by atoms with van der Waals surface area (Å²) in [6.07, 6.45) is 3.39. The molecule has 7 nitrogen and oxygen atoms in total. The number of urea groups is 1. The van der Waals surface area contributed by atoms with E-state index in [0.29, 0.717) is 13.1 Å². The van der Waals surface area contributed by atoms with E-state index in [0.717, 1.165) is 31.6 Å². The van der Waals surface area contributed by atoms with Gasteiger partial charge in [0.05, 0.1) is 11.7 Å². The summed E-state index contributed by atoms with van der Waals surface area (Å²) in [5, 5.41) is 12.0. The zero-order valence-corrected chi connectivity index (χ0v) is 15.2. The summed E-state index contributed by atoms with van der Waals surface area (Å²) in [6.45, 7) is 4.00. The molecule has 2 saturated heterocycles. The van der Waals surface area contributed by atoms with Crippen LogP contribution in [0.3, 0.4) is 0 Å². The second kappa shape index (κ2) is 8.51. The fourth-order valence-corrected chi connectivity index (χ4v) is 3.82. The van der Waals surface area contributed by atoms with Crippen molar-refractivity contribution >= 4 is 12.0 Å². The number of likely N-dealkylation sites (tertiary alicyclic amines) is 2. The Hall–Kier alpha value is -2.12. The zero-order valence-electron chi connectivity index (χ0n) is 15.2. The van der Waals surface area contributed by atoms with E-state index in [1.807, 2.05) is 11.0 Å². The minimum atomic E-state index is -0.966. The Bertz CT molecular complexity index is 645. The number of nitrogens with zero attached hydrogens (tertiary/aromatic N) is 2. The Morgan fingerprint density at radius 2 is 2.08 bits per heavy atom. The number of carboxylic acid groups (broad SMARTS) is 1. The lowest BCUT2D eigenvalue weighted by Gasteiger charge is -2.28. The van der Waals surface area contributed by atoms with E-state index in [2.05, 4.69) is 10.2 Å². The van der Waals surface area contributed by atoms with Crippen molar-refractivity contribution in [2.45, 2.75) is 38.0 Å². The Labute approximate surface area is 153 Å². The highest BCUT2D eigenvalue weighted by atomic mass is 16.5. The van der Waals surface area contributed by atoms with E-state index in [9.17, 15) is 9.59 Å². The summed E-state index contributed by atoms with van der Waals surface area (Å²) in [4.78, 5) is 28.1. The van der Waals surface area contributed by atoms with Gasteiger partial charge in [0.2, 0.25) is 0 Å². The molecule has 1 aromatic carbocycles. The van der Waals surface area contributed by atoms with Crippen LogP contribution in [0, 0.1) is 0 Å². The van der Waals surface area contributed by atoms with Gasteiger partial charge in [-0.1, -0.05) is 12.1 Å². The van der Waals surface area contributed by atoms with E-state index >= 15 is 0 Å². The molecule has 0 saturated carbocycles. The molecule has 2 aliphatic heterocycles. The van der Waals surface area contributed by atoms with Gasteiger partial charge in [0, 0.05) is 32.8 Å². The highest BCUT2D eigenvalue weighted by Gasteiger charge is 2.36. The van der Waals surface area contributed by atoms with E-state index in [1.165, 1.54) is 12.8 Å². The highest BCUT2D eigenvalue weighted by molar-refractivity contribution is 5.87. The summed E-state index contributed by atoms with van der Waals surface area (Å²) in [6, 6.07) is 6.68. The van der Waals surface area contributed by atoms with Crippen molar-refractivity contribution in [1.82, 2.24) is 15.1 Å². The maximum Gasteiger partial charge on any atom is 0.335 e.